The zero-order chi connectivity index (χ0) is 38.7. The normalized spacial score (nSPS) is 12.9. The fourth-order valence-corrected chi connectivity index (χ4v) is 6.31. The van der Waals surface area contributed by atoms with E-state index in [1.807, 2.05) is 0 Å². The van der Waals surface area contributed by atoms with Gasteiger partial charge in [0, 0.05) is 32.7 Å². The molecule has 53 heavy (non-hydrogen) atoms. The van der Waals surface area contributed by atoms with Gasteiger partial charge >= 0.3 is 0 Å². The first-order valence-corrected chi connectivity index (χ1v) is 22.7. The van der Waals surface area contributed by atoms with Gasteiger partial charge < -0.3 is 14.4 Å². The lowest BCUT2D eigenvalue weighted by Crippen LogP contribution is -2.41. The number of unbranched alkanes of at least 4 members (excludes halogenated alkanes) is 18. The van der Waals surface area contributed by atoms with E-state index in [4.69, 9.17) is 15.3 Å². The number of carbonyl (C=O) groups is 1. The molecule has 0 spiro atoms. The lowest BCUT2D eigenvalue weighted by molar-refractivity contribution is -0.132. The van der Waals surface area contributed by atoms with Gasteiger partial charge in [-0.25, -0.2) is 5.84 Å². The number of carbonyl (C=O) groups excluding carboxylic acids is 1. The van der Waals surface area contributed by atoms with Crippen LogP contribution in [0.4, 0.5) is 0 Å². The second-order valence-corrected chi connectivity index (χ2v) is 14.9. The van der Waals surface area contributed by atoms with Crippen molar-refractivity contribution in [2.75, 3.05) is 46.0 Å². The monoisotopic (exact) mass is 744 g/mol. The highest BCUT2D eigenvalue weighted by Gasteiger charge is 2.15. The molecule has 0 radical (unpaired) electrons. The molecule has 6 heteroatoms. The van der Waals surface area contributed by atoms with Crippen molar-refractivity contribution < 1.29 is 14.3 Å². The minimum Gasteiger partial charge on any atom is -0.379 e. The second kappa shape index (κ2) is 43.0. The molecule has 0 unspecified atom stereocenters. The summed E-state index contributed by atoms with van der Waals surface area (Å²) in [5.74, 6) is 6.19. The molecular weight excluding hydrogens is 655 g/mol. The van der Waals surface area contributed by atoms with E-state index in [9.17, 15) is 4.79 Å². The van der Waals surface area contributed by atoms with Crippen LogP contribution in [0.1, 0.15) is 195 Å². The van der Waals surface area contributed by atoms with Gasteiger partial charge in [0.2, 0.25) is 5.91 Å². The Bertz CT molecular complexity index is 867. The first kappa shape index (κ1) is 51.3. The van der Waals surface area contributed by atoms with Gasteiger partial charge in [-0.3, -0.25) is 9.80 Å². The van der Waals surface area contributed by atoms with Crippen LogP contribution in [0.25, 0.3) is 0 Å². The van der Waals surface area contributed by atoms with Gasteiger partial charge in [-0.05, 0) is 96.6 Å². The van der Waals surface area contributed by atoms with Crippen molar-refractivity contribution in [1.29, 1.82) is 0 Å². The maximum atomic E-state index is 12.6. The van der Waals surface area contributed by atoms with Gasteiger partial charge in [0.25, 0.3) is 0 Å². The molecule has 0 saturated carbocycles. The second-order valence-electron chi connectivity index (χ2n) is 14.9. The summed E-state index contributed by atoms with van der Waals surface area (Å²) in [7, 11) is 0. The van der Waals surface area contributed by atoms with Crippen LogP contribution in [0.15, 0.2) is 48.6 Å². The molecule has 0 bridgehead atoms. The summed E-state index contributed by atoms with van der Waals surface area (Å²) in [6, 6.07) is 0. The highest BCUT2D eigenvalue weighted by Crippen LogP contribution is 2.12. The molecule has 0 fully saturated rings. The van der Waals surface area contributed by atoms with Crippen LogP contribution >= 0.6 is 0 Å². The lowest BCUT2D eigenvalue weighted by Gasteiger charge is -2.23. The van der Waals surface area contributed by atoms with Gasteiger partial charge in [-0.1, -0.05) is 153 Å². The quantitative estimate of drug-likeness (QED) is 0.0222. The van der Waals surface area contributed by atoms with Crippen LogP contribution < -0.4 is 5.84 Å². The Morgan fingerprint density at radius 2 is 0.981 bits per heavy atom. The molecule has 0 aliphatic rings. The molecule has 0 aromatic carbocycles. The molecule has 0 rings (SSSR count). The number of ether oxygens (including phenoxy) is 2. The fraction of sp³-hybridized carbons (Fsp3) is 0.809. The third-order valence-electron chi connectivity index (χ3n) is 10.0. The number of hydrazine groups is 1. The standard InChI is InChI=1S/C47H89N3O3/c1-5-9-11-13-15-17-19-21-23-25-27-29-31-33-35-37-43-52-45-46(39-42-50(48)47(51)40-41-49(7-3)8-4)53-44-38-36-34-32-30-28-26-24-22-20-18-16-14-12-10-6-2/h15-18,21-24,46H,5-14,19-20,25-45,48H2,1-4H3/b17-15-,18-16-,23-21-,24-22-/t46-/m0/s1. The Kier molecular flexibility index (Phi) is 41.6. The van der Waals surface area contributed by atoms with E-state index in [0.717, 1.165) is 58.5 Å². The number of nitrogens with zero attached hydrogens (tertiary/aromatic N) is 2. The van der Waals surface area contributed by atoms with Crippen molar-refractivity contribution in [3.8, 4) is 0 Å². The fourth-order valence-electron chi connectivity index (χ4n) is 6.31. The van der Waals surface area contributed by atoms with Gasteiger partial charge in [-0.2, -0.15) is 0 Å². The van der Waals surface area contributed by atoms with E-state index in [1.165, 1.54) is 133 Å². The largest absolute Gasteiger partial charge is 0.379 e. The van der Waals surface area contributed by atoms with E-state index in [1.54, 1.807) is 0 Å². The Hall–Kier alpha value is -1.73. The predicted molar refractivity (Wildman–Crippen MR) is 232 cm³/mol. The third kappa shape index (κ3) is 38.3. The van der Waals surface area contributed by atoms with Crippen LogP contribution in [0.3, 0.4) is 0 Å². The smallest absolute Gasteiger partial charge is 0.237 e. The highest BCUT2D eigenvalue weighted by molar-refractivity contribution is 5.75. The molecule has 0 saturated heterocycles. The summed E-state index contributed by atoms with van der Waals surface area (Å²) >= 11 is 0. The molecule has 0 aromatic heterocycles. The van der Waals surface area contributed by atoms with Crippen molar-refractivity contribution in [2.24, 2.45) is 5.84 Å². The Morgan fingerprint density at radius 3 is 1.45 bits per heavy atom. The number of allylic oxidation sites excluding steroid dienone is 8. The van der Waals surface area contributed by atoms with E-state index >= 15 is 0 Å². The van der Waals surface area contributed by atoms with E-state index in [-0.39, 0.29) is 12.0 Å². The molecule has 1 atom stereocenters. The number of nitrogens with two attached hydrogens (primary N) is 1. The highest BCUT2D eigenvalue weighted by atomic mass is 16.5. The van der Waals surface area contributed by atoms with Crippen molar-refractivity contribution in [1.82, 2.24) is 9.91 Å². The molecule has 0 aliphatic carbocycles. The molecule has 6 nitrogen and oxygen atoms in total. The molecule has 0 aromatic rings. The third-order valence-corrected chi connectivity index (χ3v) is 10.0. The number of amides is 1. The Morgan fingerprint density at radius 1 is 0.547 bits per heavy atom. The molecule has 1 amide bonds. The average molecular weight is 744 g/mol. The Balaban J connectivity index is 4.20. The molecular formula is C47H89N3O3. The summed E-state index contributed by atoms with van der Waals surface area (Å²) in [4.78, 5) is 14.9. The Labute approximate surface area is 330 Å². The molecule has 2 N–H and O–H groups in total. The maximum absolute atomic E-state index is 12.6. The maximum Gasteiger partial charge on any atom is 0.237 e. The van der Waals surface area contributed by atoms with Crippen LogP contribution in [-0.4, -0.2) is 67.9 Å². The lowest BCUT2D eigenvalue weighted by atomic mass is 10.1. The summed E-state index contributed by atoms with van der Waals surface area (Å²) in [5.41, 5.74) is 0. The summed E-state index contributed by atoms with van der Waals surface area (Å²) in [6.07, 6.45) is 49.6. The topological polar surface area (TPSA) is 68.0 Å². The van der Waals surface area contributed by atoms with Crippen LogP contribution in [0.5, 0.6) is 0 Å². The molecule has 0 aliphatic heterocycles. The zero-order valence-electron chi connectivity index (χ0n) is 35.7. The van der Waals surface area contributed by atoms with Crippen molar-refractivity contribution >= 4 is 5.91 Å². The van der Waals surface area contributed by atoms with Crippen LogP contribution in [0.2, 0.25) is 0 Å². The van der Waals surface area contributed by atoms with Crippen molar-refractivity contribution in [2.45, 2.75) is 201 Å². The predicted octanol–water partition coefficient (Wildman–Crippen LogP) is 12.8. The number of hydrogen-bond acceptors (Lipinski definition) is 5. The summed E-state index contributed by atoms with van der Waals surface area (Å²) in [5, 5.41) is 1.39. The van der Waals surface area contributed by atoms with Gasteiger partial charge in [-0.15, -0.1) is 0 Å². The zero-order valence-corrected chi connectivity index (χ0v) is 35.7. The summed E-state index contributed by atoms with van der Waals surface area (Å²) < 4.78 is 12.4. The minimum atomic E-state index is -0.0285. The van der Waals surface area contributed by atoms with Gasteiger partial charge in [0.05, 0.1) is 12.7 Å². The first-order chi connectivity index (χ1) is 26.1. The van der Waals surface area contributed by atoms with Crippen LogP contribution in [0, 0.1) is 0 Å². The molecule has 0 heterocycles. The van der Waals surface area contributed by atoms with E-state index < -0.39 is 0 Å². The summed E-state index contributed by atoms with van der Waals surface area (Å²) in [6.45, 7) is 14.0. The van der Waals surface area contributed by atoms with E-state index in [0.29, 0.717) is 26.0 Å². The minimum absolute atomic E-state index is 0.00282. The van der Waals surface area contributed by atoms with Crippen molar-refractivity contribution in [3.05, 3.63) is 48.6 Å². The van der Waals surface area contributed by atoms with Crippen molar-refractivity contribution in [3.63, 3.8) is 0 Å². The molecule has 310 valence electrons. The van der Waals surface area contributed by atoms with Gasteiger partial charge in [0.1, 0.15) is 0 Å². The van der Waals surface area contributed by atoms with Gasteiger partial charge in [0.15, 0.2) is 0 Å². The first-order valence-electron chi connectivity index (χ1n) is 22.7. The number of hydrogen-bond donors (Lipinski definition) is 1. The average Bonchev–Trinajstić information content (AvgIpc) is 3.17. The number of rotatable bonds is 41. The SMILES string of the molecule is CCCCC/C=C\C/C=C\CCCCCCCCOC[C@H](CCN(N)C(=O)CCN(CC)CC)OCCCCCCCC/C=C\C/C=C\CCCCC. The van der Waals surface area contributed by atoms with Crippen LogP contribution in [-0.2, 0) is 14.3 Å². The van der Waals surface area contributed by atoms with E-state index in [2.05, 4.69) is 81.2 Å².